The minimum atomic E-state index is -4.91. The molecule has 0 bridgehead atoms. The lowest BCUT2D eigenvalue weighted by atomic mass is 9.72. The van der Waals surface area contributed by atoms with Gasteiger partial charge in [-0.3, -0.25) is 0 Å². The lowest BCUT2D eigenvalue weighted by molar-refractivity contribution is -0.266. The third-order valence-electron chi connectivity index (χ3n) is 7.42. The van der Waals surface area contributed by atoms with E-state index in [9.17, 15) is 18.3 Å². The van der Waals surface area contributed by atoms with Gasteiger partial charge >= 0.3 is 6.18 Å². The number of ether oxygens (including phenoxy) is 1. The van der Waals surface area contributed by atoms with Crippen LogP contribution in [0, 0.1) is 6.57 Å². The van der Waals surface area contributed by atoms with Gasteiger partial charge in [0.05, 0.1) is 25.4 Å². The van der Waals surface area contributed by atoms with Gasteiger partial charge in [-0.2, -0.15) is 13.2 Å². The number of nitrogens with zero attached hydrogens (tertiary/aromatic N) is 3. The van der Waals surface area contributed by atoms with Gasteiger partial charge in [0.15, 0.2) is 11.3 Å². The second kappa shape index (κ2) is 10.9. The summed E-state index contributed by atoms with van der Waals surface area (Å²) in [5.41, 5.74) is -1.06. The molecule has 2 heterocycles. The Morgan fingerprint density at radius 1 is 1.10 bits per heavy atom. The van der Waals surface area contributed by atoms with Crippen LogP contribution >= 0.6 is 0 Å². The largest absolute Gasteiger partial charge is 0.496 e. The van der Waals surface area contributed by atoms with E-state index < -0.39 is 30.0 Å². The third kappa shape index (κ3) is 5.63. The fraction of sp³-hybridized carbons (Fsp3) is 0.355. The fourth-order valence-electron chi connectivity index (χ4n) is 5.17. The molecular formula is C31H33F3N4O2. The summed E-state index contributed by atoms with van der Waals surface area (Å²) in [7, 11) is 3.34. The molecule has 1 atom stereocenters. The van der Waals surface area contributed by atoms with Crippen molar-refractivity contribution < 1.29 is 23.0 Å². The van der Waals surface area contributed by atoms with E-state index in [2.05, 4.69) is 14.8 Å². The summed E-state index contributed by atoms with van der Waals surface area (Å²) in [5.74, 6) is 1.11. The molecule has 0 saturated carbocycles. The summed E-state index contributed by atoms with van der Waals surface area (Å²) < 4.78 is 49.3. The third-order valence-corrected chi connectivity index (χ3v) is 7.42. The Bertz CT molecular complexity index is 1550. The topological polar surface area (TPSA) is 65.7 Å². The van der Waals surface area contributed by atoms with Crippen molar-refractivity contribution in [2.45, 2.75) is 50.8 Å². The van der Waals surface area contributed by atoms with Gasteiger partial charge in [-0.1, -0.05) is 44.2 Å². The van der Waals surface area contributed by atoms with Crippen LogP contribution in [0.3, 0.4) is 0 Å². The van der Waals surface area contributed by atoms with Crippen LogP contribution in [0.15, 0.2) is 60.8 Å². The minimum Gasteiger partial charge on any atom is -0.496 e. The molecule has 0 aliphatic rings. The van der Waals surface area contributed by atoms with Crippen molar-refractivity contribution in [2.75, 3.05) is 25.6 Å². The Labute approximate surface area is 232 Å². The SMILES string of the molecule is [C-]#[N+]c1ccccc1-c1ccc(OC)c(C(C)(C)CC(O)(Cc2cc3cc(N(C)CC)ncc3[nH]2)C(F)(F)F)c1. The van der Waals surface area contributed by atoms with Crippen LogP contribution in [-0.4, -0.2) is 47.6 Å². The molecule has 0 fully saturated rings. The zero-order valence-electron chi connectivity index (χ0n) is 23.2. The van der Waals surface area contributed by atoms with Gasteiger partial charge in [0.1, 0.15) is 11.6 Å². The van der Waals surface area contributed by atoms with Gasteiger partial charge in [-0.15, -0.1) is 0 Å². The standard InChI is InChI=1S/C31H33F3N4O2/c1-7-38(5)28-16-21-14-22(37-26(21)18-36-28)17-30(39,31(32,33)34)19-29(2,3)24-15-20(12-13-27(24)40-6)23-10-8-9-11-25(23)35-4/h8-16,18,37,39H,7,17,19H2,1-3,5-6H3. The predicted molar refractivity (Wildman–Crippen MR) is 152 cm³/mol. The van der Waals surface area contributed by atoms with Crippen LogP contribution in [-0.2, 0) is 11.8 Å². The molecule has 0 saturated heterocycles. The molecule has 0 aliphatic heterocycles. The predicted octanol–water partition coefficient (Wildman–Crippen LogP) is 7.45. The van der Waals surface area contributed by atoms with E-state index in [-0.39, 0.29) is 5.69 Å². The zero-order valence-corrected chi connectivity index (χ0v) is 23.2. The molecule has 0 amide bonds. The summed E-state index contributed by atoms with van der Waals surface area (Å²) in [6.45, 7) is 13.5. The van der Waals surface area contributed by atoms with E-state index in [1.165, 1.54) is 7.11 Å². The molecule has 0 radical (unpaired) electrons. The molecule has 0 spiro atoms. The maximum atomic E-state index is 14.6. The van der Waals surface area contributed by atoms with Gasteiger partial charge in [-0.25, -0.2) is 9.83 Å². The second-order valence-corrected chi connectivity index (χ2v) is 10.7. The van der Waals surface area contributed by atoms with E-state index in [0.717, 1.165) is 11.9 Å². The van der Waals surface area contributed by atoms with E-state index in [4.69, 9.17) is 11.3 Å². The average molecular weight is 551 g/mol. The highest BCUT2D eigenvalue weighted by Crippen LogP contribution is 2.46. The molecule has 40 heavy (non-hydrogen) atoms. The van der Waals surface area contributed by atoms with Crippen molar-refractivity contribution in [3.63, 3.8) is 0 Å². The van der Waals surface area contributed by atoms with Gasteiger partial charge in [0.2, 0.25) is 0 Å². The van der Waals surface area contributed by atoms with Crippen molar-refractivity contribution in [1.29, 1.82) is 0 Å². The van der Waals surface area contributed by atoms with E-state index in [1.54, 1.807) is 68.6 Å². The van der Waals surface area contributed by atoms with Gasteiger partial charge < -0.3 is 19.7 Å². The van der Waals surface area contributed by atoms with Gasteiger partial charge in [0, 0.05) is 36.7 Å². The van der Waals surface area contributed by atoms with Gasteiger partial charge in [0.25, 0.3) is 0 Å². The van der Waals surface area contributed by atoms with Crippen LogP contribution in [0.5, 0.6) is 5.75 Å². The Balaban J connectivity index is 1.72. The Morgan fingerprint density at radius 3 is 2.48 bits per heavy atom. The smallest absolute Gasteiger partial charge is 0.417 e. The van der Waals surface area contributed by atoms with E-state index >= 15 is 0 Å². The molecule has 2 aromatic heterocycles. The number of hydrogen-bond acceptors (Lipinski definition) is 4. The summed E-state index contributed by atoms with van der Waals surface area (Å²) in [4.78, 5) is 12.9. The Hall–Kier alpha value is -4.03. The fourth-order valence-corrected chi connectivity index (χ4v) is 5.17. The molecule has 0 aliphatic carbocycles. The molecular weight excluding hydrogens is 517 g/mol. The van der Waals surface area contributed by atoms with Crippen molar-refractivity contribution in [3.8, 4) is 16.9 Å². The summed E-state index contributed by atoms with van der Waals surface area (Å²) in [6.07, 6.45) is -4.59. The number of pyridine rings is 1. The molecule has 2 aromatic carbocycles. The first-order valence-electron chi connectivity index (χ1n) is 12.9. The molecule has 4 aromatic rings. The summed E-state index contributed by atoms with van der Waals surface area (Å²) >= 11 is 0. The highest BCUT2D eigenvalue weighted by atomic mass is 19.4. The number of alkyl halides is 3. The second-order valence-electron chi connectivity index (χ2n) is 10.7. The number of aliphatic hydroxyl groups is 1. The number of H-pyrrole nitrogens is 1. The molecule has 4 rings (SSSR count). The van der Waals surface area contributed by atoms with Crippen LogP contribution < -0.4 is 9.64 Å². The lowest BCUT2D eigenvalue weighted by Crippen LogP contribution is -2.51. The molecule has 210 valence electrons. The average Bonchev–Trinajstić information content (AvgIpc) is 3.32. The number of aromatic nitrogens is 2. The molecule has 1 unspecified atom stereocenters. The molecule has 6 nitrogen and oxygen atoms in total. The van der Waals surface area contributed by atoms with Crippen molar-refractivity contribution in [1.82, 2.24) is 9.97 Å². The number of anilines is 1. The lowest BCUT2D eigenvalue weighted by Gasteiger charge is -2.38. The number of halogens is 3. The first kappa shape index (κ1) is 29.0. The summed E-state index contributed by atoms with van der Waals surface area (Å²) in [6, 6.07) is 15.7. The zero-order chi connectivity index (χ0) is 29.3. The molecule has 2 N–H and O–H groups in total. The van der Waals surface area contributed by atoms with Gasteiger partial charge in [-0.05, 0) is 54.2 Å². The van der Waals surface area contributed by atoms with Crippen molar-refractivity contribution in [2.24, 2.45) is 0 Å². The van der Waals surface area contributed by atoms with Crippen molar-refractivity contribution >= 4 is 22.4 Å². The van der Waals surface area contributed by atoms with Crippen molar-refractivity contribution in [3.05, 3.63) is 83.5 Å². The highest BCUT2D eigenvalue weighted by Gasteiger charge is 2.56. The van der Waals surface area contributed by atoms with Crippen LogP contribution in [0.4, 0.5) is 24.7 Å². The van der Waals surface area contributed by atoms with Crippen LogP contribution in [0.25, 0.3) is 26.9 Å². The monoisotopic (exact) mass is 550 g/mol. The quantitative estimate of drug-likeness (QED) is 0.213. The van der Waals surface area contributed by atoms with Crippen LogP contribution in [0.1, 0.15) is 38.4 Å². The molecule has 9 heteroatoms. The van der Waals surface area contributed by atoms with E-state index in [1.807, 2.05) is 24.9 Å². The Kier molecular flexibility index (Phi) is 7.86. The summed E-state index contributed by atoms with van der Waals surface area (Å²) in [5, 5.41) is 12.0. The number of fused-ring (bicyclic) bond motifs is 1. The Morgan fingerprint density at radius 2 is 1.82 bits per heavy atom. The number of aromatic amines is 1. The first-order chi connectivity index (χ1) is 18.8. The van der Waals surface area contributed by atoms with Crippen LogP contribution in [0.2, 0.25) is 0 Å². The number of methoxy groups -OCH3 is 1. The maximum absolute atomic E-state index is 14.6. The highest BCUT2D eigenvalue weighted by molar-refractivity contribution is 5.82. The number of nitrogens with one attached hydrogen (secondary N) is 1. The normalized spacial score (nSPS) is 13.6. The number of para-hydroxylation sites is 1. The number of rotatable bonds is 9. The van der Waals surface area contributed by atoms with E-state index in [0.29, 0.717) is 39.5 Å². The minimum absolute atomic E-state index is 0.260. The first-order valence-corrected chi connectivity index (χ1v) is 12.9. The number of hydrogen-bond donors (Lipinski definition) is 2. The maximum Gasteiger partial charge on any atom is 0.417 e. The number of benzene rings is 2.